The van der Waals surface area contributed by atoms with Crippen LogP contribution >= 0.6 is 0 Å². The molecule has 2 unspecified atom stereocenters. The second kappa shape index (κ2) is 3.43. The number of aliphatic hydroxyl groups excluding tert-OH is 1. The van der Waals surface area contributed by atoms with E-state index in [0.29, 0.717) is 5.56 Å². The summed E-state index contributed by atoms with van der Waals surface area (Å²) in [5, 5.41) is 10.7. The quantitative estimate of drug-likeness (QED) is 0.778. The van der Waals surface area contributed by atoms with Crippen molar-refractivity contribution in [3.8, 4) is 0 Å². The van der Waals surface area contributed by atoms with Crippen LogP contribution in [0.15, 0.2) is 54.6 Å². The molecule has 0 aromatic heterocycles. The van der Waals surface area contributed by atoms with E-state index in [1.54, 1.807) is 6.07 Å². The molecule has 0 heterocycles. The zero-order chi connectivity index (χ0) is 13.0. The fourth-order valence-corrected chi connectivity index (χ4v) is 3.30. The number of fused-ring (bicyclic) bond motifs is 3. The SMILES string of the molecule is O=C1c2ccccc2C(O)C12C=Cc1ccccc12. The third kappa shape index (κ3) is 1.12. The van der Waals surface area contributed by atoms with Crippen LogP contribution in [0.5, 0.6) is 0 Å². The number of rotatable bonds is 0. The molecule has 2 aromatic rings. The van der Waals surface area contributed by atoms with E-state index in [9.17, 15) is 9.90 Å². The zero-order valence-electron chi connectivity index (χ0n) is 10.2. The summed E-state index contributed by atoms with van der Waals surface area (Å²) in [6.45, 7) is 0. The Kier molecular flexibility index (Phi) is 1.93. The molecule has 2 aliphatic carbocycles. The van der Waals surface area contributed by atoms with Gasteiger partial charge in [-0.05, 0) is 16.7 Å². The average Bonchev–Trinajstić information content (AvgIpc) is 2.95. The van der Waals surface area contributed by atoms with Crippen LogP contribution in [0.25, 0.3) is 6.08 Å². The minimum atomic E-state index is -0.916. The topological polar surface area (TPSA) is 37.3 Å². The second-order valence-electron chi connectivity index (χ2n) is 5.11. The molecule has 2 aromatic carbocycles. The molecule has 1 N–H and O–H groups in total. The first kappa shape index (κ1) is 10.7. The third-order valence-electron chi connectivity index (χ3n) is 4.24. The van der Waals surface area contributed by atoms with Crippen LogP contribution in [0.1, 0.15) is 33.2 Å². The van der Waals surface area contributed by atoms with Gasteiger partial charge >= 0.3 is 0 Å². The highest BCUT2D eigenvalue weighted by atomic mass is 16.3. The van der Waals surface area contributed by atoms with Crippen molar-refractivity contribution < 1.29 is 9.90 Å². The summed E-state index contributed by atoms with van der Waals surface area (Å²) in [4.78, 5) is 12.8. The molecule has 0 fully saturated rings. The van der Waals surface area contributed by atoms with E-state index in [1.165, 1.54) is 0 Å². The molecule has 4 rings (SSSR count). The number of hydrogen-bond donors (Lipinski definition) is 1. The van der Waals surface area contributed by atoms with Gasteiger partial charge in [0.2, 0.25) is 0 Å². The Morgan fingerprint density at radius 2 is 1.74 bits per heavy atom. The van der Waals surface area contributed by atoms with E-state index in [-0.39, 0.29) is 5.78 Å². The molecule has 0 amide bonds. The van der Waals surface area contributed by atoms with E-state index in [2.05, 4.69) is 0 Å². The number of aliphatic hydroxyl groups is 1. The maximum atomic E-state index is 12.8. The smallest absolute Gasteiger partial charge is 0.180 e. The number of carbonyl (C=O) groups excluding carboxylic acids is 1. The first-order valence-electron chi connectivity index (χ1n) is 6.36. The van der Waals surface area contributed by atoms with Gasteiger partial charge in [-0.1, -0.05) is 60.7 Å². The third-order valence-corrected chi connectivity index (χ3v) is 4.24. The van der Waals surface area contributed by atoms with Gasteiger partial charge in [-0.25, -0.2) is 0 Å². The fraction of sp³-hybridized carbons (Fsp3) is 0.118. The highest BCUT2D eigenvalue weighted by Gasteiger charge is 2.54. The summed E-state index contributed by atoms with van der Waals surface area (Å²) < 4.78 is 0. The first-order valence-corrected chi connectivity index (χ1v) is 6.36. The van der Waals surface area contributed by atoms with E-state index in [4.69, 9.17) is 0 Å². The van der Waals surface area contributed by atoms with Crippen LogP contribution in [0.4, 0.5) is 0 Å². The van der Waals surface area contributed by atoms with Crippen molar-refractivity contribution in [3.05, 3.63) is 76.9 Å². The predicted octanol–water partition coefficient (Wildman–Crippen LogP) is 2.88. The van der Waals surface area contributed by atoms with Crippen molar-refractivity contribution in [3.63, 3.8) is 0 Å². The Balaban J connectivity index is 2.01. The lowest BCUT2D eigenvalue weighted by atomic mass is 9.77. The van der Waals surface area contributed by atoms with Crippen molar-refractivity contribution in [1.82, 2.24) is 0 Å². The van der Waals surface area contributed by atoms with Crippen LogP contribution in [-0.2, 0) is 5.41 Å². The van der Waals surface area contributed by atoms with E-state index >= 15 is 0 Å². The van der Waals surface area contributed by atoms with E-state index in [0.717, 1.165) is 16.7 Å². The Hall–Kier alpha value is -2.19. The standard InChI is InChI=1S/C17H12O2/c18-15-12-6-2-3-7-13(12)16(19)17(15)10-9-11-5-1-4-8-14(11)17/h1-10,15,18H. The van der Waals surface area contributed by atoms with Gasteiger partial charge in [0.25, 0.3) is 0 Å². The number of ketones is 1. The molecular formula is C17H12O2. The summed E-state index contributed by atoms with van der Waals surface area (Å²) in [6.07, 6.45) is 2.99. The van der Waals surface area contributed by atoms with Gasteiger partial charge in [0.15, 0.2) is 5.78 Å². The Morgan fingerprint density at radius 1 is 1.00 bits per heavy atom. The maximum absolute atomic E-state index is 12.8. The highest BCUT2D eigenvalue weighted by molar-refractivity contribution is 6.12. The monoisotopic (exact) mass is 248 g/mol. The van der Waals surface area contributed by atoms with E-state index < -0.39 is 11.5 Å². The molecule has 0 radical (unpaired) electrons. The molecule has 2 atom stereocenters. The van der Waals surface area contributed by atoms with Crippen LogP contribution < -0.4 is 0 Å². The van der Waals surface area contributed by atoms with Crippen molar-refractivity contribution in [2.45, 2.75) is 11.5 Å². The molecule has 19 heavy (non-hydrogen) atoms. The summed E-state index contributed by atoms with van der Waals surface area (Å²) in [5.74, 6) is -0.00296. The van der Waals surface area contributed by atoms with Crippen molar-refractivity contribution in [1.29, 1.82) is 0 Å². The lowest BCUT2D eigenvalue weighted by molar-refractivity contribution is 0.0755. The molecule has 92 valence electrons. The van der Waals surface area contributed by atoms with Gasteiger partial charge in [-0.3, -0.25) is 4.79 Å². The summed E-state index contributed by atoms with van der Waals surface area (Å²) in [6, 6.07) is 15.1. The van der Waals surface area contributed by atoms with Crippen LogP contribution in [0, 0.1) is 0 Å². The van der Waals surface area contributed by atoms with Gasteiger partial charge in [-0.15, -0.1) is 0 Å². The highest BCUT2D eigenvalue weighted by Crippen LogP contribution is 2.52. The normalized spacial score (nSPS) is 26.8. The molecular weight excluding hydrogens is 236 g/mol. The van der Waals surface area contributed by atoms with Gasteiger partial charge in [0.05, 0.1) is 0 Å². The minimum absolute atomic E-state index is 0.00296. The number of Topliss-reactive ketones (excluding diaryl/α,β-unsaturated/α-hetero) is 1. The Labute approximate surface area is 111 Å². The van der Waals surface area contributed by atoms with E-state index in [1.807, 2.05) is 54.6 Å². The van der Waals surface area contributed by atoms with Crippen LogP contribution in [-0.4, -0.2) is 10.9 Å². The Bertz CT molecular complexity index is 730. The second-order valence-corrected chi connectivity index (χ2v) is 5.11. The average molecular weight is 248 g/mol. The molecule has 2 aliphatic rings. The molecule has 1 spiro atoms. The summed E-state index contributed by atoms with van der Waals surface area (Å²) >= 11 is 0. The predicted molar refractivity (Wildman–Crippen MR) is 72.9 cm³/mol. The number of benzene rings is 2. The number of hydrogen-bond acceptors (Lipinski definition) is 2. The lowest BCUT2D eigenvalue weighted by Crippen LogP contribution is -2.33. The van der Waals surface area contributed by atoms with Crippen LogP contribution in [0.2, 0.25) is 0 Å². The molecule has 0 saturated heterocycles. The fourth-order valence-electron chi connectivity index (χ4n) is 3.30. The largest absolute Gasteiger partial charge is 0.387 e. The lowest BCUT2D eigenvalue weighted by Gasteiger charge is -2.26. The zero-order valence-corrected chi connectivity index (χ0v) is 10.2. The number of carbonyl (C=O) groups is 1. The molecule has 0 aliphatic heterocycles. The molecule has 2 heteroatoms. The minimum Gasteiger partial charge on any atom is -0.387 e. The van der Waals surface area contributed by atoms with Crippen molar-refractivity contribution in [2.24, 2.45) is 0 Å². The van der Waals surface area contributed by atoms with Gasteiger partial charge in [0.1, 0.15) is 11.5 Å². The van der Waals surface area contributed by atoms with Gasteiger partial charge < -0.3 is 5.11 Å². The molecule has 0 bridgehead atoms. The summed E-state index contributed by atoms with van der Waals surface area (Å²) in [7, 11) is 0. The maximum Gasteiger partial charge on any atom is 0.180 e. The first-order chi connectivity index (χ1) is 9.25. The van der Waals surface area contributed by atoms with Crippen molar-refractivity contribution >= 4 is 11.9 Å². The van der Waals surface area contributed by atoms with Crippen LogP contribution in [0.3, 0.4) is 0 Å². The Morgan fingerprint density at radius 3 is 2.58 bits per heavy atom. The molecule has 0 saturated carbocycles. The van der Waals surface area contributed by atoms with Gasteiger partial charge in [-0.2, -0.15) is 0 Å². The summed E-state index contributed by atoms with van der Waals surface area (Å²) in [5.41, 5.74) is 2.37. The molecule has 2 nitrogen and oxygen atoms in total. The van der Waals surface area contributed by atoms with Gasteiger partial charge in [0, 0.05) is 5.56 Å². The van der Waals surface area contributed by atoms with Crippen molar-refractivity contribution in [2.75, 3.05) is 0 Å².